The van der Waals surface area contributed by atoms with Gasteiger partial charge in [-0.3, -0.25) is 0 Å². The zero-order valence-corrected chi connectivity index (χ0v) is 22.6. The van der Waals surface area contributed by atoms with Gasteiger partial charge in [-0.05, 0) is 68.9 Å². The van der Waals surface area contributed by atoms with E-state index in [0.29, 0.717) is 37.2 Å². The first-order valence-electron chi connectivity index (χ1n) is 12.1. The van der Waals surface area contributed by atoms with Crippen LogP contribution >= 0.6 is 15.9 Å². The molecule has 0 amide bonds. The number of sulfone groups is 1. The molecule has 2 aromatic carbocycles. The van der Waals surface area contributed by atoms with Gasteiger partial charge in [-0.15, -0.1) is 0 Å². The molecule has 1 aliphatic carbocycles. The Labute approximate surface area is 208 Å². The van der Waals surface area contributed by atoms with E-state index >= 15 is 0 Å². The highest BCUT2D eigenvalue weighted by Crippen LogP contribution is 2.52. The summed E-state index contributed by atoms with van der Waals surface area (Å²) in [5.41, 5.74) is 0.216. The van der Waals surface area contributed by atoms with E-state index in [1.54, 1.807) is 31.2 Å². The van der Waals surface area contributed by atoms with Crippen LogP contribution in [0.5, 0.6) is 0 Å². The molecule has 2 aromatic rings. The average Bonchev–Trinajstić information content (AvgIpc) is 3.58. The first kappa shape index (κ1) is 28.0. The topological polar surface area (TPSA) is 63.6 Å². The third-order valence-corrected chi connectivity index (χ3v) is 9.18. The minimum Gasteiger partial charge on any atom is -0.390 e. The van der Waals surface area contributed by atoms with Crippen LogP contribution in [-0.4, -0.2) is 30.5 Å². The highest BCUT2D eigenvalue weighted by molar-refractivity contribution is 9.10. The Kier molecular flexibility index (Phi) is 11.1. The lowest BCUT2D eigenvalue weighted by atomic mass is 9.92. The normalized spacial score (nSPS) is 16.4. The fourth-order valence-electron chi connectivity index (χ4n) is 4.15. The molecule has 0 aliphatic heterocycles. The van der Waals surface area contributed by atoms with E-state index in [0.717, 1.165) is 36.8 Å². The number of hydrogen-bond donors (Lipinski definition) is 1. The maximum absolute atomic E-state index is 13.1. The molecular weight excluding hydrogens is 500 g/mol. The molecule has 1 atom stereocenters. The Morgan fingerprint density at radius 1 is 0.970 bits per heavy atom. The molecule has 0 heterocycles. The number of hydrogen-bond acceptors (Lipinski definition) is 4. The largest absolute Gasteiger partial charge is 0.390 e. The monoisotopic (exact) mass is 538 g/mol. The summed E-state index contributed by atoms with van der Waals surface area (Å²) in [4.78, 5) is 0.347. The van der Waals surface area contributed by atoms with Gasteiger partial charge < -0.3 is 9.84 Å². The quantitative estimate of drug-likeness (QED) is 0.276. The second-order valence-electron chi connectivity index (χ2n) is 9.02. The summed E-state index contributed by atoms with van der Waals surface area (Å²) in [6.45, 7) is 7.16. The molecule has 0 saturated heterocycles. The van der Waals surface area contributed by atoms with Crippen molar-refractivity contribution in [3.63, 3.8) is 0 Å². The van der Waals surface area contributed by atoms with Crippen molar-refractivity contribution < 1.29 is 18.3 Å². The number of aliphatic hydroxyl groups is 1. The highest BCUT2D eigenvalue weighted by atomic mass is 79.9. The molecule has 0 spiro atoms. The Balaban J connectivity index is 0.00000187. The molecule has 1 unspecified atom stereocenters. The Morgan fingerprint density at radius 3 is 2.18 bits per heavy atom. The SMILES string of the molecule is CC.CC(O)(CCCCCCOCc1ccccc1)CC1(S(=O)(=O)c2ccc(Br)cc2)CC1. The third kappa shape index (κ3) is 8.50. The van der Waals surface area contributed by atoms with Crippen molar-refractivity contribution in [1.82, 2.24) is 0 Å². The number of rotatable bonds is 13. The highest BCUT2D eigenvalue weighted by Gasteiger charge is 2.57. The maximum atomic E-state index is 13.1. The van der Waals surface area contributed by atoms with Crippen LogP contribution in [0.4, 0.5) is 0 Å². The standard InChI is InChI=1S/C25H33BrO4S.C2H6/c1-24(27,15-7-2-3-8-18-30-19-21-9-5-4-6-10-21)20-25(16-17-25)31(28,29)23-13-11-22(26)12-14-23;1-2/h4-6,9-14,27H,2-3,7-8,15-20H2,1H3;1-2H3. The lowest BCUT2D eigenvalue weighted by molar-refractivity contribution is 0.0360. The maximum Gasteiger partial charge on any atom is 0.184 e. The van der Waals surface area contributed by atoms with Crippen molar-refractivity contribution in [3.8, 4) is 0 Å². The summed E-state index contributed by atoms with van der Waals surface area (Å²) >= 11 is 3.35. The van der Waals surface area contributed by atoms with Crippen LogP contribution in [0, 0.1) is 0 Å². The van der Waals surface area contributed by atoms with E-state index in [9.17, 15) is 13.5 Å². The number of unbranched alkanes of at least 4 members (excludes halogenated alkanes) is 3. The molecule has 184 valence electrons. The number of ether oxygens (including phenoxy) is 1. The van der Waals surface area contributed by atoms with Crippen molar-refractivity contribution in [2.75, 3.05) is 6.61 Å². The first-order valence-corrected chi connectivity index (χ1v) is 14.4. The summed E-state index contributed by atoms with van der Waals surface area (Å²) in [5.74, 6) is 0. The van der Waals surface area contributed by atoms with E-state index in [-0.39, 0.29) is 0 Å². The minimum atomic E-state index is -3.44. The van der Waals surface area contributed by atoms with Crippen molar-refractivity contribution in [2.24, 2.45) is 0 Å². The van der Waals surface area contributed by atoms with Gasteiger partial charge in [0.15, 0.2) is 9.84 Å². The summed E-state index contributed by atoms with van der Waals surface area (Å²) in [5, 5.41) is 10.9. The molecule has 3 rings (SSSR count). The summed E-state index contributed by atoms with van der Waals surface area (Å²) in [7, 11) is -3.44. The van der Waals surface area contributed by atoms with Crippen LogP contribution in [0.25, 0.3) is 0 Å². The number of halogens is 1. The van der Waals surface area contributed by atoms with Gasteiger partial charge in [-0.1, -0.05) is 79.4 Å². The molecule has 33 heavy (non-hydrogen) atoms. The molecule has 1 fully saturated rings. The van der Waals surface area contributed by atoms with Crippen LogP contribution in [-0.2, 0) is 21.2 Å². The molecule has 1 aliphatic rings. The predicted octanol–water partition coefficient (Wildman–Crippen LogP) is 7.09. The zero-order chi connectivity index (χ0) is 24.4. The van der Waals surface area contributed by atoms with Gasteiger partial charge in [-0.2, -0.15) is 0 Å². The molecule has 0 radical (unpaired) electrons. The molecule has 1 N–H and O–H groups in total. The summed E-state index contributed by atoms with van der Waals surface area (Å²) in [6, 6.07) is 17.0. The zero-order valence-electron chi connectivity index (χ0n) is 20.2. The Morgan fingerprint density at radius 2 is 1.58 bits per heavy atom. The third-order valence-electron chi connectivity index (χ3n) is 6.07. The van der Waals surface area contributed by atoms with Gasteiger partial charge >= 0.3 is 0 Å². The number of benzene rings is 2. The summed E-state index contributed by atoms with van der Waals surface area (Å²) < 4.78 is 32.0. The van der Waals surface area contributed by atoms with Gasteiger partial charge in [0.05, 0.1) is 21.9 Å². The smallest absolute Gasteiger partial charge is 0.184 e. The molecule has 0 bridgehead atoms. The van der Waals surface area contributed by atoms with E-state index in [1.165, 1.54) is 5.56 Å². The summed E-state index contributed by atoms with van der Waals surface area (Å²) in [6.07, 6.45) is 6.12. The molecule has 6 heteroatoms. The van der Waals surface area contributed by atoms with Crippen molar-refractivity contribution >= 4 is 25.8 Å². The van der Waals surface area contributed by atoms with E-state index in [2.05, 4.69) is 28.1 Å². The second-order valence-corrected chi connectivity index (χ2v) is 12.3. The Bertz CT molecular complexity index is 920. The predicted molar refractivity (Wildman–Crippen MR) is 139 cm³/mol. The first-order chi connectivity index (χ1) is 15.7. The van der Waals surface area contributed by atoms with Crippen LogP contribution in [0.3, 0.4) is 0 Å². The van der Waals surface area contributed by atoms with Crippen LogP contribution in [0.1, 0.15) is 77.7 Å². The Hall–Kier alpha value is -1.21. The van der Waals surface area contributed by atoms with Gasteiger partial charge in [0.1, 0.15) is 0 Å². The van der Waals surface area contributed by atoms with E-state index < -0.39 is 20.2 Å². The minimum absolute atomic E-state index is 0.304. The van der Waals surface area contributed by atoms with Crippen LogP contribution < -0.4 is 0 Å². The van der Waals surface area contributed by atoms with E-state index in [4.69, 9.17) is 4.74 Å². The molecule has 0 aromatic heterocycles. The van der Waals surface area contributed by atoms with Crippen molar-refractivity contribution in [1.29, 1.82) is 0 Å². The second kappa shape index (κ2) is 13.0. The van der Waals surface area contributed by atoms with Crippen LogP contribution in [0.15, 0.2) is 64.0 Å². The van der Waals surface area contributed by atoms with Crippen molar-refractivity contribution in [3.05, 3.63) is 64.6 Å². The van der Waals surface area contributed by atoms with Crippen molar-refractivity contribution in [2.45, 2.75) is 94.0 Å². The van der Waals surface area contributed by atoms with Crippen LogP contribution in [0.2, 0.25) is 0 Å². The molecule has 4 nitrogen and oxygen atoms in total. The van der Waals surface area contributed by atoms with Gasteiger partial charge in [0.25, 0.3) is 0 Å². The average molecular weight is 540 g/mol. The van der Waals surface area contributed by atoms with E-state index in [1.807, 2.05) is 32.0 Å². The fourth-order valence-corrected chi connectivity index (χ4v) is 6.55. The van der Waals surface area contributed by atoms with Gasteiger partial charge in [0.2, 0.25) is 0 Å². The van der Waals surface area contributed by atoms with Gasteiger partial charge in [0, 0.05) is 11.1 Å². The molecule has 1 saturated carbocycles. The fraction of sp³-hybridized carbons (Fsp3) is 0.556. The lowest BCUT2D eigenvalue weighted by Gasteiger charge is -2.28. The lowest BCUT2D eigenvalue weighted by Crippen LogP contribution is -2.36. The van der Waals surface area contributed by atoms with Gasteiger partial charge in [-0.25, -0.2) is 8.42 Å². The molecular formula is C27H39BrO4S.